The van der Waals surface area contributed by atoms with E-state index in [0.717, 1.165) is 10.8 Å². The van der Waals surface area contributed by atoms with Gasteiger partial charge in [0, 0.05) is 19.7 Å². The number of carbonyl (C=O) groups is 2. The average molecular weight is 470 g/mol. The number of anilines is 1. The second-order valence-electron chi connectivity index (χ2n) is 7.15. The molecule has 0 aromatic carbocycles. The number of esters is 1. The zero-order valence-electron chi connectivity index (χ0n) is 18.2. The van der Waals surface area contributed by atoms with Gasteiger partial charge in [0.2, 0.25) is 0 Å². The van der Waals surface area contributed by atoms with Crippen molar-refractivity contribution >= 4 is 39.9 Å². The number of carbonyl (C=O) groups excluding carboxylic acids is 2. The monoisotopic (exact) mass is 469 g/mol. The highest BCUT2D eigenvalue weighted by molar-refractivity contribution is 7.17. The largest absolute Gasteiger partial charge is 0.462 e. The first kappa shape index (κ1) is 23.5. The number of hydrogen-bond acceptors (Lipinski definition) is 8. The van der Waals surface area contributed by atoms with E-state index < -0.39 is 0 Å². The van der Waals surface area contributed by atoms with Gasteiger partial charge < -0.3 is 24.7 Å². The van der Waals surface area contributed by atoms with Crippen LogP contribution in [0.1, 0.15) is 58.9 Å². The molecule has 1 saturated heterocycles. The van der Waals surface area contributed by atoms with Crippen molar-refractivity contribution in [2.45, 2.75) is 52.7 Å². The normalized spacial score (nSPS) is 18.8. The van der Waals surface area contributed by atoms with E-state index in [2.05, 4.69) is 25.2 Å². The smallest absolute Gasteiger partial charge is 0.350 e. The Morgan fingerprint density at radius 2 is 2.06 bits per heavy atom. The Kier molecular flexibility index (Phi) is 7.90. The molecular formula is C20H28ClN5O4S. The number of amides is 1. The van der Waals surface area contributed by atoms with Crippen LogP contribution in [0.3, 0.4) is 0 Å². The highest BCUT2D eigenvalue weighted by Gasteiger charge is 2.33. The van der Waals surface area contributed by atoms with Crippen LogP contribution in [0.4, 0.5) is 5.13 Å². The Bertz CT molecular complexity index is 931. The molecule has 2 N–H and O–H groups in total. The van der Waals surface area contributed by atoms with Crippen molar-refractivity contribution in [3.63, 3.8) is 0 Å². The molecule has 0 bridgehead atoms. The van der Waals surface area contributed by atoms with Crippen molar-refractivity contribution in [3.05, 3.63) is 27.2 Å². The van der Waals surface area contributed by atoms with E-state index in [9.17, 15) is 9.59 Å². The lowest BCUT2D eigenvalue weighted by Crippen LogP contribution is -2.55. The first-order chi connectivity index (χ1) is 14.9. The van der Waals surface area contributed by atoms with Crippen molar-refractivity contribution in [2.24, 2.45) is 0 Å². The minimum atomic E-state index is -0.351. The molecule has 2 aromatic heterocycles. The summed E-state index contributed by atoms with van der Waals surface area (Å²) in [7, 11) is 0. The van der Waals surface area contributed by atoms with Gasteiger partial charge in [0.05, 0.1) is 30.1 Å². The molecule has 1 aliphatic rings. The summed E-state index contributed by atoms with van der Waals surface area (Å²) in [5, 5.41) is 4.09. The van der Waals surface area contributed by atoms with Gasteiger partial charge in [-0.05, 0) is 33.6 Å². The van der Waals surface area contributed by atoms with E-state index in [1.807, 2.05) is 13.8 Å². The van der Waals surface area contributed by atoms with Gasteiger partial charge in [-0.1, -0.05) is 29.9 Å². The summed E-state index contributed by atoms with van der Waals surface area (Å²) in [6, 6.07) is -0.178. The molecule has 0 aliphatic carbocycles. The fourth-order valence-corrected chi connectivity index (χ4v) is 4.77. The maximum absolute atomic E-state index is 12.7. The number of aryl methyl sites for hydroxylation is 2. The van der Waals surface area contributed by atoms with Gasteiger partial charge in [-0.25, -0.2) is 14.8 Å². The molecule has 2 aromatic rings. The third-order valence-corrected chi connectivity index (χ3v) is 6.58. The molecule has 0 radical (unpaired) electrons. The molecule has 1 aliphatic heterocycles. The minimum Gasteiger partial charge on any atom is -0.462 e. The fraction of sp³-hybridized carbons (Fsp3) is 0.600. The van der Waals surface area contributed by atoms with Crippen molar-refractivity contribution in [3.8, 4) is 0 Å². The molecule has 9 nitrogen and oxygen atoms in total. The molecule has 0 unspecified atom stereocenters. The Hall–Kier alpha value is -2.17. The third-order valence-electron chi connectivity index (χ3n) is 5.07. The predicted molar refractivity (Wildman–Crippen MR) is 119 cm³/mol. The van der Waals surface area contributed by atoms with Gasteiger partial charge in [0.25, 0.3) is 5.91 Å². The number of nitrogens with one attached hydrogen (secondary N) is 2. The third kappa shape index (κ3) is 5.36. The number of rotatable bonds is 8. The molecule has 0 saturated carbocycles. The number of aromatic amines is 1. The number of thiazole rings is 1. The summed E-state index contributed by atoms with van der Waals surface area (Å²) in [5.74, 6) is -0.454. The SMILES string of the molecule is CCOC(=O)c1sc(N2CC[C@H](NC(=O)c3nc(Cl)c(CC)[nH]3)[C@H](OCC)C2)nc1C. The van der Waals surface area contributed by atoms with Crippen molar-refractivity contribution < 1.29 is 19.1 Å². The van der Waals surface area contributed by atoms with E-state index in [1.54, 1.807) is 13.8 Å². The van der Waals surface area contributed by atoms with E-state index in [4.69, 9.17) is 21.1 Å². The Balaban J connectivity index is 1.69. The van der Waals surface area contributed by atoms with E-state index >= 15 is 0 Å². The summed E-state index contributed by atoms with van der Waals surface area (Å²) in [6.45, 7) is 9.50. The number of piperidine rings is 1. The number of hydrogen-bond donors (Lipinski definition) is 2. The van der Waals surface area contributed by atoms with Crippen LogP contribution in [0.15, 0.2) is 0 Å². The number of aromatic nitrogens is 3. The van der Waals surface area contributed by atoms with Crippen LogP contribution < -0.4 is 10.2 Å². The second-order valence-corrected chi connectivity index (χ2v) is 8.48. The Morgan fingerprint density at radius 1 is 1.29 bits per heavy atom. The van der Waals surface area contributed by atoms with Crippen LogP contribution in [-0.2, 0) is 15.9 Å². The molecule has 1 amide bonds. The predicted octanol–water partition coefficient (Wildman–Crippen LogP) is 2.98. The standard InChI is InChI=1S/C20H28ClN5O4S/c1-5-12-16(21)25-17(23-12)18(27)24-13-8-9-26(10-14(13)29-6-2)20-22-11(4)15(31-20)19(28)30-7-3/h13-14H,5-10H2,1-4H3,(H,23,25)(H,24,27)/t13-,14+/m0/s1. The topological polar surface area (TPSA) is 109 Å². The number of imidazole rings is 1. The van der Waals surface area contributed by atoms with E-state index in [0.29, 0.717) is 54.9 Å². The van der Waals surface area contributed by atoms with Crippen LogP contribution in [-0.4, -0.2) is 65.3 Å². The van der Waals surface area contributed by atoms with Crippen molar-refractivity contribution in [1.29, 1.82) is 0 Å². The first-order valence-corrected chi connectivity index (χ1v) is 11.6. The molecule has 31 heavy (non-hydrogen) atoms. The maximum Gasteiger partial charge on any atom is 0.350 e. The first-order valence-electron chi connectivity index (χ1n) is 10.4. The summed E-state index contributed by atoms with van der Waals surface area (Å²) in [6.07, 6.45) is 1.10. The van der Waals surface area contributed by atoms with Gasteiger partial charge in [0.15, 0.2) is 16.1 Å². The Labute approximate surface area is 190 Å². The van der Waals surface area contributed by atoms with Crippen molar-refractivity contribution in [2.75, 3.05) is 31.2 Å². The Morgan fingerprint density at radius 3 is 2.71 bits per heavy atom. The lowest BCUT2D eigenvalue weighted by Gasteiger charge is -2.38. The number of H-pyrrole nitrogens is 1. The highest BCUT2D eigenvalue weighted by Crippen LogP contribution is 2.29. The number of ether oxygens (including phenoxy) is 2. The van der Waals surface area contributed by atoms with Crippen molar-refractivity contribution in [1.82, 2.24) is 20.3 Å². The molecular weight excluding hydrogens is 442 g/mol. The van der Waals surface area contributed by atoms with Gasteiger partial charge in [-0.15, -0.1) is 0 Å². The van der Waals surface area contributed by atoms with Crippen LogP contribution in [0.5, 0.6) is 0 Å². The van der Waals surface area contributed by atoms with E-state index in [-0.39, 0.29) is 29.8 Å². The van der Waals surface area contributed by atoms with E-state index in [1.165, 1.54) is 11.3 Å². The minimum absolute atomic E-state index is 0.178. The molecule has 1 fully saturated rings. The quantitative estimate of drug-likeness (QED) is 0.572. The molecule has 170 valence electrons. The molecule has 2 atom stereocenters. The second kappa shape index (κ2) is 10.4. The zero-order valence-corrected chi connectivity index (χ0v) is 19.7. The zero-order chi connectivity index (χ0) is 22.5. The van der Waals surface area contributed by atoms with Crippen LogP contribution in [0, 0.1) is 6.92 Å². The van der Waals surface area contributed by atoms with Crippen LogP contribution in [0.2, 0.25) is 5.15 Å². The average Bonchev–Trinajstić information content (AvgIpc) is 3.32. The fourth-order valence-electron chi connectivity index (χ4n) is 3.51. The van der Waals surface area contributed by atoms with Gasteiger partial charge in [0.1, 0.15) is 4.88 Å². The summed E-state index contributed by atoms with van der Waals surface area (Å²) in [5.41, 5.74) is 1.39. The molecule has 3 heterocycles. The highest BCUT2D eigenvalue weighted by atomic mass is 35.5. The summed E-state index contributed by atoms with van der Waals surface area (Å²) in [4.78, 5) is 39.1. The molecule has 3 rings (SSSR count). The van der Waals surface area contributed by atoms with Gasteiger partial charge in [-0.3, -0.25) is 4.79 Å². The van der Waals surface area contributed by atoms with Gasteiger partial charge >= 0.3 is 5.97 Å². The molecule has 0 spiro atoms. The van der Waals surface area contributed by atoms with Crippen LogP contribution >= 0.6 is 22.9 Å². The number of nitrogens with zero attached hydrogens (tertiary/aromatic N) is 3. The lowest BCUT2D eigenvalue weighted by molar-refractivity contribution is 0.0271. The van der Waals surface area contributed by atoms with Gasteiger partial charge in [-0.2, -0.15) is 0 Å². The van der Waals surface area contributed by atoms with Crippen LogP contribution in [0.25, 0.3) is 0 Å². The maximum atomic E-state index is 12.7. The number of halogens is 1. The summed E-state index contributed by atoms with van der Waals surface area (Å²) >= 11 is 7.38. The molecule has 11 heteroatoms. The summed E-state index contributed by atoms with van der Waals surface area (Å²) < 4.78 is 11.0. The lowest BCUT2D eigenvalue weighted by atomic mass is 10.0.